The standard InChI is InChI=1S/C23H28ClN3O4S/c24-20-10-5-19(6-11-20)17-23(29)26-25-22(28)14-9-18-7-12-21(13-8-18)32(30,31)27-15-3-1-2-4-16-27/h5-8,10-13H,1-4,9,14-17H2,(H,25,28)(H,26,29). The minimum atomic E-state index is -3.48. The van der Waals surface area contributed by atoms with Crippen molar-refractivity contribution in [3.05, 3.63) is 64.7 Å². The molecule has 0 spiro atoms. The van der Waals surface area contributed by atoms with Crippen LogP contribution >= 0.6 is 11.6 Å². The fourth-order valence-electron chi connectivity index (χ4n) is 3.55. The molecule has 2 amide bonds. The van der Waals surface area contributed by atoms with Crippen LogP contribution in [-0.2, 0) is 32.5 Å². The van der Waals surface area contributed by atoms with Crippen molar-refractivity contribution in [1.29, 1.82) is 0 Å². The Morgan fingerprint density at radius 2 is 1.38 bits per heavy atom. The van der Waals surface area contributed by atoms with Gasteiger partial charge in [0.05, 0.1) is 11.3 Å². The molecule has 0 aliphatic carbocycles. The Balaban J connectivity index is 1.44. The number of hydrazine groups is 1. The molecule has 2 N–H and O–H groups in total. The van der Waals surface area contributed by atoms with Crippen molar-refractivity contribution >= 4 is 33.4 Å². The number of sulfonamides is 1. The van der Waals surface area contributed by atoms with E-state index >= 15 is 0 Å². The molecule has 9 heteroatoms. The zero-order valence-electron chi connectivity index (χ0n) is 17.8. The van der Waals surface area contributed by atoms with Crippen molar-refractivity contribution in [2.75, 3.05) is 13.1 Å². The second kappa shape index (κ2) is 11.4. The number of hydrogen-bond acceptors (Lipinski definition) is 4. The van der Waals surface area contributed by atoms with Crippen LogP contribution in [0.1, 0.15) is 43.2 Å². The van der Waals surface area contributed by atoms with E-state index in [9.17, 15) is 18.0 Å². The highest BCUT2D eigenvalue weighted by molar-refractivity contribution is 7.89. The zero-order chi connectivity index (χ0) is 23.0. The van der Waals surface area contributed by atoms with Gasteiger partial charge in [0.2, 0.25) is 21.8 Å². The van der Waals surface area contributed by atoms with Gasteiger partial charge in [-0.2, -0.15) is 4.31 Å². The Kier molecular flexibility index (Phi) is 8.67. The monoisotopic (exact) mass is 477 g/mol. The number of amides is 2. The highest BCUT2D eigenvalue weighted by atomic mass is 35.5. The molecule has 7 nitrogen and oxygen atoms in total. The smallest absolute Gasteiger partial charge is 0.243 e. The number of hydrogen-bond donors (Lipinski definition) is 2. The van der Waals surface area contributed by atoms with Gasteiger partial charge < -0.3 is 0 Å². The van der Waals surface area contributed by atoms with Crippen LogP contribution in [0.15, 0.2) is 53.4 Å². The fourth-order valence-corrected chi connectivity index (χ4v) is 5.19. The lowest BCUT2D eigenvalue weighted by atomic mass is 10.1. The van der Waals surface area contributed by atoms with E-state index in [2.05, 4.69) is 10.9 Å². The first-order valence-corrected chi connectivity index (χ1v) is 12.6. The van der Waals surface area contributed by atoms with Crippen LogP contribution in [0, 0.1) is 0 Å². The lowest BCUT2D eigenvalue weighted by Crippen LogP contribution is -2.42. The van der Waals surface area contributed by atoms with E-state index in [1.165, 1.54) is 0 Å². The Morgan fingerprint density at radius 3 is 2.00 bits per heavy atom. The van der Waals surface area contributed by atoms with Crippen LogP contribution in [0.25, 0.3) is 0 Å². The van der Waals surface area contributed by atoms with Crippen molar-refractivity contribution in [2.45, 2.75) is 49.8 Å². The molecule has 0 aromatic heterocycles. The summed E-state index contributed by atoms with van der Waals surface area (Å²) in [7, 11) is -3.48. The predicted molar refractivity (Wildman–Crippen MR) is 123 cm³/mol. The summed E-state index contributed by atoms with van der Waals surface area (Å²) in [5.74, 6) is -0.653. The van der Waals surface area contributed by atoms with Gasteiger partial charge >= 0.3 is 0 Å². The highest BCUT2D eigenvalue weighted by Gasteiger charge is 2.24. The maximum absolute atomic E-state index is 12.8. The van der Waals surface area contributed by atoms with Gasteiger partial charge in [0.1, 0.15) is 0 Å². The molecule has 1 aliphatic heterocycles. The normalized spacial score (nSPS) is 15.0. The molecule has 0 saturated carbocycles. The van der Waals surface area contributed by atoms with Gasteiger partial charge in [-0.1, -0.05) is 48.7 Å². The molecule has 1 saturated heterocycles. The van der Waals surface area contributed by atoms with Crippen LogP contribution in [0.2, 0.25) is 5.02 Å². The molecule has 2 aromatic rings. The van der Waals surface area contributed by atoms with E-state index in [1.807, 2.05) is 0 Å². The van der Waals surface area contributed by atoms with E-state index in [4.69, 9.17) is 11.6 Å². The first kappa shape index (κ1) is 24.2. The van der Waals surface area contributed by atoms with Crippen molar-refractivity contribution in [3.8, 4) is 0 Å². The highest BCUT2D eigenvalue weighted by Crippen LogP contribution is 2.21. The number of nitrogens with zero attached hydrogens (tertiary/aromatic N) is 1. The molecule has 3 rings (SSSR count). The van der Waals surface area contributed by atoms with Gasteiger partial charge in [0.25, 0.3) is 0 Å². The largest absolute Gasteiger partial charge is 0.273 e. The van der Waals surface area contributed by atoms with Gasteiger partial charge in [-0.25, -0.2) is 8.42 Å². The molecular formula is C23H28ClN3O4S. The third-order valence-corrected chi connectivity index (χ3v) is 7.55. The van der Waals surface area contributed by atoms with Crippen LogP contribution in [0.5, 0.6) is 0 Å². The number of halogens is 1. The predicted octanol–water partition coefficient (Wildman–Crippen LogP) is 3.23. The summed E-state index contributed by atoms with van der Waals surface area (Å²) in [6.07, 6.45) is 4.64. The fraction of sp³-hybridized carbons (Fsp3) is 0.391. The molecular weight excluding hydrogens is 450 g/mol. The summed E-state index contributed by atoms with van der Waals surface area (Å²) in [4.78, 5) is 24.3. The van der Waals surface area contributed by atoms with Gasteiger partial charge in [-0.3, -0.25) is 20.4 Å². The van der Waals surface area contributed by atoms with Crippen LogP contribution in [-0.4, -0.2) is 37.6 Å². The number of carbonyl (C=O) groups excluding carboxylic acids is 2. The molecule has 0 bridgehead atoms. The SMILES string of the molecule is O=C(CCc1ccc(S(=O)(=O)N2CCCCCC2)cc1)NNC(=O)Cc1ccc(Cl)cc1. The topological polar surface area (TPSA) is 95.6 Å². The first-order chi connectivity index (χ1) is 15.3. The number of carbonyl (C=O) groups is 2. The molecule has 0 unspecified atom stereocenters. The Labute approximate surface area is 194 Å². The van der Waals surface area contributed by atoms with Crippen molar-refractivity contribution in [2.24, 2.45) is 0 Å². The molecule has 0 radical (unpaired) electrons. The van der Waals surface area contributed by atoms with Gasteiger partial charge in [0.15, 0.2) is 0 Å². The Hall–Kier alpha value is -2.42. The molecule has 1 fully saturated rings. The van der Waals surface area contributed by atoms with E-state index < -0.39 is 10.0 Å². The minimum Gasteiger partial charge on any atom is -0.273 e. The maximum atomic E-state index is 12.8. The van der Waals surface area contributed by atoms with E-state index in [0.29, 0.717) is 24.5 Å². The molecule has 0 atom stereocenters. The lowest BCUT2D eigenvalue weighted by molar-refractivity contribution is -0.128. The number of aryl methyl sites for hydroxylation is 1. The molecule has 172 valence electrons. The van der Waals surface area contributed by atoms with Crippen molar-refractivity contribution in [1.82, 2.24) is 15.2 Å². The molecule has 32 heavy (non-hydrogen) atoms. The first-order valence-electron chi connectivity index (χ1n) is 10.8. The van der Waals surface area contributed by atoms with Crippen molar-refractivity contribution in [3.63, 3.8) is 0 Å². The second-order valence-electron chi connectivity index (χ2n) is 7.86. The van der Waals surface area contributed by atoms with E-state index in [1.54, 1.807) is 52.8 Å². The average Bonchev–Trinajstić information content (AvgIpc) is 3.08. The summed E-state index contributed by atoms with van der Waals surface area (Å²) in [5.41, 5.74) is 6.44. The minimum absolute atomic E-state index is 0.129. The third kappa shape index (κ3) is 7.05. The zero-order valence-corrected chi connectivity index (χ0v) is 19.4. The number of rotatable bonds is 7. The Bertz CT molecular complexity index is 1020. The maximum Gasteiger partial charge on any atom is 0.243 e. The summed E-state index contributed by atoms with van der Waals surface area (Å²) in [5, 5.41) is 0.593. The summed E-state index contributed by atoms with van der Waals surface area (Å²) >= 11 is 5.82. The van der Waals surface area contributed by atoms with Crippen LogP contribution < -0.4 is 10.9 Å². The lowest BCUT2D eigenvalue weighted by Gasteiger charge is -2.20. The van der Waals surface area contributed by atoms with Gasteiger partial charge in [0, 0.05) is 24.5 Å². The summed E-state index contributed by atoms with van der Waals surface area (Å²) < 4.78 is 27.2. The van der Waals surface area contributed by atoms with Gasteiger partial charge in [-0.05, 0) is 54.7 Å². The summed E-state index contributed by atoms with van der Waals surface area (Å²) in [6.45, 7) is 1.13. The summed E-state index contributed by atoms with van der Waals surface area (Å²) in [6, 6.07) is 13.6. The third-order valence-electron chi connectivity index (χ3n) is 5.39. The molecule has 1 heterocycles. The number of benzene rings is 2. The molecule has 2 aromatic carbocycles. The second-order valence-corrected chi connectivity index (χ2v) is 10.2. The molecule has 1 aliphatic rings. The quantitative estimate of drug-likeness (QED) is 0.598. The number of nitrogens with one attached hydrogen (secondary N) is 2. The van der Waals surface area contributed by atoms with Crippen molar-refractivity contribution < 1.29 is 18.0 Å². The van der Waals surface area contributed by atoms with Crippen LogP contribution in [0.4, 0.5) is 0 Å². The Morgan fingerprint density at radius 1 is 0.812 bits per heavy atom. The average molecular weight is 478 g/mol. The van der Waals surface area contributed by atoms with E-state index in [-0.39, 0.29) is 29.6 Å². The van der Waals surface area contributed by atoms with Gasteiger partial charge in [-0.15, -0.1) is 0 Å². The van der Waals surface area contributed by atoms with Crippen LogP contribution in [0.3, 0.4) is 0 Å². The van der Waals surface area contributed by atoms with E-state index in [0.717, 1.165) is 36.8 Å².